The van der Waals surface area contributed by atoms with E-state index in [1.165, 1.54) is 0 Å². The first-order valence-electron chi connectivity index (χ1n) is 5.52. The van der Waals surface area contributed by atoms with E-state index in [4.69, 9.17) is 5.73 Å². The van der Waals surface area contributed by atoms with Gasteiger partial charge in [0.25, 0.3) is 0 Å². The summed E-state index contributed by atoms with van der Waals surface area (Å²) in [5.74, 6) is -1.79. The van der Waals surface area contributed by atoms with Gasteiger partial charge in [0.2, 0.25) is 5.91 Å². The molecule has 0 bridgehead atoms. The first-order chi connectivity index (χ1) is 8.31. The van der Waals surface area contributed by atoms with Crippen molar-refractivity contribution in [1.82, 2.24) is 0 Å². The maximum atomic E-state index is 13.5. The van der Waals surface area contributed by atoms with Crippen LogP contribution in [0.5, 0.6) is 0 Å². The third-order valence-electron chi connectivity index (χ3n) is 2.32. The normalized spacial score (nSPS) is 12.6. The molecule has 1 aromatic rings. The number of halogens is 3. The van der Waals surface area contributed by atoms with E-state index >= 15 is 0 Å². The Morgan fingerprint density at radius 1 is 1.44 bits per heavy atom. The molecule has 1 atom stereocenters. The Labute approximate surface area is 113 Å². The van der Waals surface area contributed by atoms with Crippen LogP contribution in [0.15, 0.2) is 16.6 Å². The molecule has 0 aromatic heterocycles. The molecule has 6 heteroatoms. The molecule has 0 aliphatic heterocycles. The van der Waals surface area contributed by atoms with Gasteiger partial charge in [0.15, 0.2) is 5.82 Å². The van der Waals surface area contributed by atoms with Crippen LogP contribution in [0.1, 0.15) is 20.3 Å². The van der Waals surface area contributed by atoms with E-state index in [9.17, 15) is 13.6 Å². The second-order valence-corrected chi connectivity index (χ2v) is 5.32. The molecule has 0 aliphatic rings. The van der Waals surface area contributed by atoms with Crippen LogP contribution in [0.4, 0.5) is 14.5 Å². The van der Waals surface area contributed by atoms with Gasteiger partial charge in [0.1, 0.15) is 5.82 Å². The number of carbonyl (C=O) groups excluding carboxylic acids is 1. The topological polar surface area (TPSA) is 55.1 Å². The highest BCUT2D eigenvalue weighted by Crippen LogP contribution is 2.27. The second kappa shape index (κ2) is 6.24. The van der Waals surface area contributed by atoms with E-state index in [1.54, 1.807) is 0 Å². The molecule has 3 nitrogen and oxygen atoms in total. The van der Waals surface area contributed by atoms with Crippen molar-refractivity contribution in [2.24, 2.45) is 11.7 Å². The summed E-state index contributed by atoms with van der Waals surface area (Å²) in [5, 5.41) is 2.36. The fourth-order valence-electron chi connectivity index (χ4n) is 1.49. The zero-order chi connectivity index (χ0) is 13.9. The van der Waals surface area contributed by atoms with Crippen LogP contribution < -0.4 is 11.1 Å². The van der Waals surface area contributed by atoms with Crippen molar-refractivity contribution in [3.63, 3.8) is 0 Å². The predicted molar refractivity (Wildman–Crippen MR) is 70.1 cm³/mol. The fourth-order valence-corrected chi connectivity index (χ4v) is 2.00. The summed E-state index contributed by atoms with van der Waals surface area (Å²) in [5.41, 5.74) is 5.58. The Hall–Kier alpha value is -1.01. The summed E-state index contributed by atoms with van der Waals surface area (Å²) in [6.45, 7) is 3.86. The number of nitrogens with one attached hydrogen (secondary N) is 1. The molecule has 0 fully saturated rings. The number of benzene rings is 1. The first-order valence-corrected chi connectivity index (χ1v) is 6.31. The van der Waals surface area contributed by atoms with Gasteiger partial charge in [0.05, 0.1) is 11.7 Å². The van der Waals surface area contributed by atoms with Crippen LogP contribution in [0.2, 0.25) is 0 Å². The number of hydrogen-bond acceptors (Lipinski definition) is 2. The van der Waals surface area contributed by atoms with Gasteiger partial charge in [-0.25, -0.2) is 8.78 Å². The van der Waals surface area contributed by atoms with Crippen LogP contribution in [-0.4, -0.2) is 11.9 Å². The summed E-state index contributed by atoms with van der Waals surface area (Å²) in [6.07, 6.45) is 0.492. The van der Waals surface area contributed by atoms with E-state index in [-0.39, 0.29) is 16.1 Å². The van der Waals surface area contributed by atoms with Gasteiger partial charge >= 0.3 is 0 Å². The highest BCUT2D eigenvalue weighted by atomic mass is 79.9. The zero-order valence-corrected chi connectivity index (χ0v) is 11.7. The van der Waals surface area contributed by atoms with E-state index in [0.717, 1.165) is 6.07 Å². The van der Waals surface area contributed by atoms with Gasteiger partial charge in [-0.15, -0.1) is 0 Å². The minimum absolute atomic E-state index is 0.0967. The average molecular weight is 321 g/mol. The van der Waals surface area contributed by atoms with Crippen molar-refractivity contribution >= 4 is 27.5 Å². The summed E-state index contributed by atoms with van der Waals surface area (Å²) in [7, 11) is 0. The van der Waals surface area contributed by atoms with Gasteiger partial charge in [-0.1, -0.05) is 13.8 Å². The average Bonchev–Trinajstić information content (AvgIpc) is 2.21. The van der Waals surface area contributed by atoms with Crippen LogP contribution >= 0.6 is 15.9 Å². The van der Waals surface area contributed by atoms with Crippen molar-refractivity contribution in [2.45, 2.75) is 26.3 Å². The van der Waals surface area contributed by atoms with Crippen molar-refractivity contribution in [3.8, 4) is 0 Å². The van der Waals surface area contributed by atoms with Crippen LogP contribution in [0.3, 0.4) is 0 Å². The number of amides is 1. The minimum Gasteiger partial charge on any atom is -0.321 e. The molecule has 0 heterocycles. The Kier molecular flexibility index (Phi) is 5.22. The van der Waals surface area contributed by atoms with E-state index in [1.807, 2.05) is 13.8 Å². The number of anilines is 1. The Bertz CT molecular complexity index is 429. The van der Waals surface area contributed by atoms with Crippen LogP contribution in [-0.2, 0) is 4.79 Å². The van der Waals surface area contributed by atoms with Crippen LogP contribution in [0, 0.1) is 17.6 Å². The summed E-state index contributed by atoms with van der Waals surface area (Å²) in [4.78, 5) is 11.7. The number of rotatable bonds is 4. The van der Waals surface area contributed by atoms with Gasteiger partial charge < -0.3 is 11.1 Å². The van der Waals surface area contributed by atoms with E-state index in [2.05, 4.69) is 21.2 Å². The summed E-state index contributed by atoms with van der Waals surface area (Å²) >= 11 is 2.99. The fraction of sp³-hybridized carbons (Fsp3) is 0.417. The lowest BCUT2D eigenvalue weighted by atomic mass is 10.0. The smallest absolute Gasteiger partial charge is 0.241 e. The third kappa shape index (κ3) is 4.03. The molecule has 3 N–H and O–H groups in total. The third-order valence-corrected chi connectivity index (χ3v) is 2.94. The maximum Gasteiger partial charge on any atom is 0.241 e. The SMILES string of the molecule is CC(C)CC(N)C(=O)Nc1c(F)cc(F)cc1Br. The molecule has 1 amide bonds. The largest absolute Gasteiger partial charge is 0.321 e. The maximum absolute atomic E-state index is 13.5. The van der Waals surface area contributed by atoms with E-state index in [0.29, 0.717) is 12.5 Å². The van der Waals surface area contributed by atoms with E-state index < -0.39 is 23.6 Å². The summed E-state index contributed by atoms with van der Waals surface area (Å²) < 4.78 is 26.5. The molecule has 1 rings (SSSR count). The first kappa shape index (κ1) is 15.0. The lowest BCUT2D eigenvalue weighted by molar-refractivity contribution is -0.117. The lowest BCUT2D eigenvalue weighted by Gasteiger charge is -2.15. The second-order valence-electron chi connectivity index (χ2n) is 4.47. The highest BCUT2D eigenvalue weighted by Gasteiger charge is 2.18. The van der Waals surface area contributed by atoms with Gasteiger partial charge in [-0.05, 0) is 34.3 Å². The molecule has 1 aromatic carbocycles. The Balaban J connectivity index is 2.82. The zero-order valence-electron chi connectivity index (χ0n) is 10.1. The van der Waals surface area contributed by atoms with Crippen molar-refractivity contribution < 1.29 is 13.6 Å². The van der Waals surface area contributed by atoms with Crippen LogP contribution in [0.25, 0.3) is 0 Å². The molecule has 0 radical (unpaired) electrons. The van der Waals surface area contributed by atoms with Crippen molar-refractivity contribution in [2.75, 3.05) is 5.32 Å². The predicted octanol–water partition coefficient (Wildman–Crippen LogP) is 3.04. The minimum atomic E-state index is -0.841. The Morgan fingerprint density at radius 3 is 2.56 bits per heavy atom. The monoisotopic (exact) mass is 320 g/mol. The van der Waals surface area contributed by atoms with Gasteiger partial charge in [-0.2, -0.15) is 0 Å². The van der Waals surface area contributed by atoms with Crippen molar-refractivity contribution in [1.29, 1.82) is 0 Å². The summed E-state index contributed by atoms with van der Waals surface area (Å²) in [6, 6.07) is 1.06. The molecule has 0 saturated heterocycles. The molecular formula is C12H15BrF2N2O. The molecule has 1 unspecified atom stereocenters. The van der Waals surface area contributed by atoms with Gasteiger partial charge in [-0.3, -0.25) is 4.79 Å². The lowest BCUT2D eigenvalue weighted by Crippen LogP contribution is -2.37. The molecule has 0 spiro atoms. The molecule has 0 saturated carbocycles. The molecule has 0 aliphatic carbocycles. The van der Waals surface area contributed by atoms with Gasteiger partial charge in [0, 0.05) is 10.5 Å². The standard InChI is InChI=1S/C12H15BrF2N2O/c1-6(2)3-10(16)12(18)17-11-8(13)4-7(14)5-9(11)15/h4-6,10H,3,16H2,1-2H3,(H,17,18). The Morgan fingerprint density at radius 2 is 2.06 bits per heavy atom. The quantitative estimate of drug-likeness (QED) is 0.895. The number of nitrogens with two attached hydrogens (primary N) is 1. The number of hydrogen-bond donors (Lipinski definition) is 2. The number of carbonyl (C=O) groups is 1. The molecule has 100 valence electrons. The highest BCUT2D eigenvalue weighted by molar-refractivity contribution is 9.10. The van der Waals surface area contributed by atoms with Crippen molar-refractivity contribution in [3.05, 3.63) is 28.2 Å². The molecular weight excluding hydrogens is 306 g/mol. The molecule has 18 heavy (non-hydrogen) atoms.